The fourth-order valence-electron chi connectivity index (χ4n) is 2.30. The molecule has 1 amide bonds. The van der Waals surface area contributed by atoms with Gasteiger partial charge in [0.1, 0.15) is 0 Å². The molecular weight excluding hydrogens is 332 g/mol. The van der Waals surface area contributed by atoms with Crippen molar-refractivity contribution in [1.82, 2.24) is 16.0 Å². The minimum Gasteiger partial charge on any atom is -0.355 e. The normalized spacial score (nSPS) is 17.8. The van der Waals surface area contributed by atoms with Gasteiger partial charge in [-0.05, 0) is 42.9 Å². The zero-order valence-electron chi connectivity index (χ0n) is 13.3. The van der Waals surface area contributed by atoms with Gasteiger partial charge in [-0.25, -0.2) is 0 Å². The summed E-state index contributed by atoms with van der Waals surface area (Å²) in [7, 11) is 1.75. The van der Waals surface area contributed by atoms with Crippen molar-refractivity contribution >= 4 is 35.2 Å². The third-order valence-electron chi connectivity index (χ3n) is 3.55. The molecule has 3 N–H and O–H groups in total. The smallest absolute Gasteiger partial charge is 0.251 e. The number of benzene rings is 1. The molecule has 1 aromatic rings. The molecular formula is C16H23ClN4OS. The molecule has 1 aliphatic heterocycles. The van der Waals surface area contributed by atoms with Crippen molar-refractivity contribution in [3.8, 4) is 0 Å². The zero-order valence-corrected chi connectivity index (χ0v) is 14.8. The number of carbonyl (C=O) groups excluding carboxylic acids is 1. The van der Waals surface area contributed by atoms with E-state index in [1.165, 1.54) is 18.6 Å². The lowest BCUT2D eigenvalue weighted by molar-refractivity contribution is 0.0954. The maximum atomic E-state index is 11.9. The van der Waals surface area contributed by atoms with Crippen LogP contribution in [0, 0.1) is 0 Å². The van der Waals surface area contributed by atoms with E-state index in [1.54, 1.807) is 31.3 Å². The van der Waals surface area contributed by atoms with Gasteiger partial charge in [-0.1, -0.05) is 11.6 Å². The van der Waals surface area contributed by atoms with Crippen molar-refractivity contribution in [3.63, 3.8) is 0 Å². The van der Waals surface area contributed by atoms with Gasteiger partial charge in [0.2, 0.25) is 0 Å². The highest BCUT2D eigenvalue weighted by atomic mass is 35.5. The van der Waals surface area contributed by atoms with Crippen molar-refractivity contribution in [1.29, 1.82) is 0 Å². The van der Waals surface area contributed by atoms with Crippen LogP contribution < -0.4 is 16.0 Å². The standard InChI is InChI=1S/C16H23ClN4OS/c1-18-16(21-11-14-3-2-10-23-14)20-9-8-19-15(22)12-4-6-13(17)7-5-12/h4-7,14H,2-3,8-11H2,1H3,(H,19,22)(H2,18,20,21). The predicted octanol–water partition coefficient (Wildman–Crippen LogP) is 2.13. The predicted molar refractivity (Wildman–Crippen MR) is 98.6 cm³/mol. The summed E-state index contributed by atoms with van der Waals surface area (Å²) in [5.41, 5.74) is 0.607. The van der Waals surface area contributed by atoms with Gasteiger partial charge in [-0.2, -0.15) is 11.8 Å². The van der Waals surface area contributed by atoms with E-state index in [4.69, 9.17) is 11.6 Å². The average Bonchev–Trinajstić information content (AvgIpc) is 3.08. The quantitative estimate of drug-likeness (QED) is 0.416. The Hall–Kier alpha value is -1.40. The first-order valence-corrected chi connectivity index (χ1v) is 9.21. The molecule has 0 bridgehead atoms. The summed E-state index contributed by atoms with van der Waals surface area (Å²) in [6.45, 7) is 2.08. The number of nitrogens with one attached hydrogen (secondary N) is 3. The highest BCUT2D eigenvalue weighted by molar-refractivity contribution is 8.00. The van der Waals surface area contributed by atoms with Crippen molar-refractivity contribution in [2.24, 2.45) is 4.99 Å². The van der Waals surface area contributed by atoms with Crippen LogP contribution in [-0.2, 0) is 0 Å². The molecule has 1 atom stereocenters. The van der Waals surface area contributed by atoms with Crippen LogP contribution in [0.2, 0.25) is 5.02 Å². The summed E-state index contributed by atoms with van der Waals surface area (Å²) >= 11 is 7.82. The van der Waals surface area contributed by atoms with Gasteiger partial charge in [-0.3, -0.25) is 9.79 Å². The molecule has 0 radical (unpaired) electrons. The minimum absolute atomic E-state index is 0.103. The average molecular weight is 355 g/mol. The number of nitrogens with zero attached hydrogens (tertiary/aromatic N) is 1. The zero-order chi connectivity index (χ0) is 16.5. The van der Waals surface area contributed by atoms with E-state index in [-0.39, 0.29) is 5.91 Å². The molecule has 0 aliphatic carbocycles. The SMILES string of the molecule is CN=C(NCCNC(=O)c1ccc(Cl)cc1)NCC1CCCS1. The Morgan fingerprint density at radius 3 is 2.65 bits per heavy atom. The van der Waals surface area contributed by atoms with Gasteiger partial charge < -0.3 is 16.0 Å². The van der Waals surface area contributed by atoms with Crippen molar-refractivity contribution in [2.75, 3.05) is 32.4 Å². The van der Waals surface area contributed by atoms with Crippen LogP contribution in [-0.4, -0.2) is 49.6 Å². The van der Waals surface area contributed by atoms with Crippen LogP contribution in [0.5, 0.6) is 0 Å². The fourth-order valence-corrected chi connectivity index (χ4v) is 3.62. The summed E-state index contributed by atoms with van der Waals surface area (Å²) in [5, 5.41) is 10.7. The minimum atomic E-state index is -0.103. The Morgan fingerprint density at radius 2 is 2.00 bits per heavy atom. The van der Waals surface area contributed by atoms with Gasteiger partial charge >= 0.3 is 0 Å². The van der Waals surface area contributed by atoms with Gasteiger partial charge in [0, 0.05) is 42.5 Å². The topological polar surface area (TPSA) is 65.5 Å². The molecule has 1 saturated heterocycles. The van der Waals surface area contributed by atoms with Crippen LogP contribution in [0.25, 0.3) is 0 Å². The molecule has 1 fully saturated rings. The van der Waals surface area contributed by atoms with Crippen LogP contribution in [0.4, 0.5) is 0 Å². The molecule has 1 heterocycles. The van der Waals surface area contributed by atoms with E-state index in [0.717, 1.165) is 12.5 Å². The van der Waals surface area contributed by atoms with Crippen molar-refractivity contribution < 1.29 is 4.79 Å². The highest BCUT2D eigenvalue weighted by Crippen LogP contribution is 2.25. The lowest BCUT2D eigenvalue weighted by atomic mass is 10.2. The molecule has 23 heavy (non-hydrogen) atoms. The monoisotopic (exact) mass is 354 g/mol. The number of aliphatic imine (C=N–C) groups is 1. The van der Waals surface area contributed by atoms with Crippen molar-refractivity contribution in [2.45, 2.75) is 18.1 Å². The van der Waals surface area contributed by atoms with E-state index in [0.29, 0.717) is 28.9 Å². The van der Waals surface area contributed by atoms with Crippen LogP contribution in [0.1, 0.15) is 23.2 Å². The van der Waals surface area contributed by atoms with Gasteiger partial charge in [0.25, 0.3) is 5.91 Å². The number of carbonyl (C=O) groups is 1. The Kier molecular flexibility index (Phi) is 7.55. The number of halogens is 1. The number of guanidine groups is 1. The second-order valence-electron chi connectivity index (χ2n) is 5.28. The Labute approximate surface area is 146 Å². The van der Waals surface area contributed by atoms with E-state index < -0.39 is 0 Å². The molecule has 1 aliphatic rings. The van der Waals surface area contributed by atoms with Crippen LogP contribution in [0.3, 0.4) is 0 Å². The molecule has 126 valence electrons. The van der Waals surface area contributed by atoms with Crippen molar-refractivity contribution in [3.05, 3.63) is 34.9 Å². The Morgan fingerprint density at radius 1 is 1.26 bits per heavy atom. The summed E-state index contributed by atoms with van der Waals surface area (Å²) in [5.74, 6) is 1.93. The van der Waals surface area contributed by atoms with E-state index in [1.807, 2.05) is 11.8 Å². The molecule has 7 heteroatoms. The van der Waals surface area contributed by atoms with Gasteiger partial charge in [0.05, 0.1) is 0 Å². The number of amides is 1. The molecule has 1 aromatic carbocycles. The number of hydrogen-bond donors (Lipinski definition) is 3. The summed E-state index contributed by atoms with van der Waals surface area (Å²) in [6.07, 6.45) is 2.57. The molecule has 5 nitrogen and oxygen atoms in total. The number of rotatable bonds is 6. The van der Waals surface area contributed by atoms with E-state index in [2.05, 4.69) is 20.9 Å². The first-order chi connectivity index (χ1) is 11.2. The second kappa shape index (κ2) is 9.67. The Bertz CT molecular complexity index is 529. The molecule has 2 rings (SSSR count). The maximum Gasteiger partial charge on any atom is 0.251 e. The summed E-state index contributed by atoms with van der Waals surface area (Å²) in [4.78, 5) is 16.1. The number of hydrogen-bond acceptors (Lipinski definition) is 3. The molecule has 1 unspecified atom stereocenters. The molecule has 0 aromatic heterocycles. The fraction of sp³-hybridized carbons (Fsp3) is 0.500. The second-order valence-corrected chi connectivity index (χ2v) is 7.12. The van der Waals surface area contributed by atoms with Gasteiger partial charge in [-0.15, -0.1) is 0 Å². The molecule has 0 saturated carbocycles. The lowest BCUT2D eigenvalue weighted by Crippen LogP contribution is -2.43. The van der Waals surface area contributed by atoms with Crippen LogP contribution >= 0.6 is 23.4 Å². The third kappa shape index (κ3) is 6.31. The third-order valence-corrected chi connectivity index (χ3v) is 5.20. The first-order valence-electron chi connectivity index (χ1n) is 7.79. The first kappa shape index (κ1) is 17.9. The lowest BCUT2D eigenvalue weighted by Gasteiger charge is -2.15. The van der Waals surface area contributed by atoms with E-state index >= 15 is 0 Å². The van der Waals surface area contributed by atoms with Gasteiger partial charge in [0.15, 0.2) is 5.96 Å². The largest absolute Gasteiger partial charge is 0.355 e. The number of thioether (sulfide) groups is 1. The van der Waals surface area contributed by atoms with Crippen LogP contribution in [0.15, 0.2) is 29.3 Å². The summed E-state index contributed by atoms with van der Waals surface area (Å²) < 4.78 is 0. The highest BCUT2D eigenvalue weighted by Gasteiger charge is 2.15. The van der Waals surface area contributed by atoms with E-state index in [9.17, 15) is 4.79 Å². The molecule has 0 spiro atoms. The maximum absolute atomic E-state index is 11.9. The summed E-state index contributed by atoms with van der Waals surface area (Å²) in [6, 6.07) is 6.85. The Balaban J connectivity index is 1.63.